The van der Waals surface area contributed by atoms with Gasteiger partial charge in [0.2, 0.25) is 0 Å². The van der Waals surface area contributed by atoms with E-state index in [0.29, 0.717) is 11.1 Å². The molecule has 1 aliphatic rings. The van der Waals surface area contributed by atoms with E-state index in [4.69, 9.17) is 16.7 Å². The monoisotopic (exact) mass is 398 g/mol. The quantitative estimate of drug-likeness (QED) is 0.648. The van der Waals surface area contributed by atoms with Gasteiger partial charge in [0.1, 0.15) is 5.82 Å². The van der Waals surface area contributed by atoms with Gasteiger partial charge >= 0.3 is 0 Å². The summed E-state index contributed by atoms with van der Waals surface area (Å²) in [4.78, 5) is 4.84. The van der Waals surface area contributed by atoms with Crippen molar-refractivity contribution in [3.8, 4) is 16.9 Å². The normalized spacial score (nSPS) is 18.5. The molecule has 2 heterocycles. The zero-order valence-corrected chi connectivity index (χ0v) is 16.9. The average Bonchev–Trinajstić information content (AvgIpc) is 3.09. The molecule has 1 aliphatic heterocycles. The first kappa shape index (κ1) is 19.1. The van der Waals surface area contributed by atoms with Gasteiger partial charge in [-0.3, -0.25) is 4.90 Å². The molecule has 1 aromatic heterocycles. The highest BCUT2D eigenvalue weighted by Crippen LogP contribution is 2.31. The van der Waals surface area contributed by atoms with Crippen LogP contribution in [0.3, 0.4) is 0 Å². The fourth-order valence-corrected chi connectivity index (χ4v) is 3.87. The molecule has 0 radical (unpaired) electrons. The predicted octanol–water partition coefficient (Wildman–Crippen LogP) is 4.47. The minimum absolute atomic E-state index is 0.256. The van der Waals surface area contributed by atoms with Crippen molar-refractivity contribution in [3.63, 3.8) is 0 Å². The van der Waals surface area contributed by atoms with E-state index in [-0.39, 0.29) is 5.82 Å². The highest BCUT2D eigenvalue weighted by molar-refractivity contribution is 6.33. The van der Waals surface area contributed by atoms with Crippen LogP contribution in [0.15, 0.2) is 54.7 Å². The Morgan fingerprint density at radius 3 is 2.57 bits per heavy atom. The maximum Gasteiger partial charge on any atom is 0.123 e. The Hall–Kier alpha value is -2.21. The first-order valence-corrected chi connectivity index (χ1v) is 9.91. The Bertz CT molecular complexity index is 953. The van der Waals surface area contributed by atoms with E-state index in [0.717, 1.165) is 48.7 Å². The molecular formula is C22H24ClFN4. The van der Waals surface area contributed by atoms with Crippen LogP contribution in [0.25, 0.3) is 16.9 Å². The molecule has 0 spiro atoms. The molecule has 1 unspecified atom stereocenters. The van der Waals surface area contributed by atoms with Gasteiger partial charge in [-0.25, -0.2) is 9.07 Å². The molecule has 0 saturated carbocycles. The Labute approximate surface area is 170 Å². The number of hydrogen-bond acceptors (Lipinski definition) is 3. The van der Waals surface area contributed by atoms with Crippen LogP contribution in [0, 0.1) is 5.82 Å². The molecule has 0 amide bonds. The average molecular weight is 399 g/mol. The Kier molecular flexibility index (Phi) is 5.49. The van der Waals surface area contributed by atoms with Crippen LogP contribution >= 0.6 is 11.6 Å². The van der Waals surface area contributed by atoms with Crippen LogP contribution in [0.5, 0.6) is 0 Å². The van der Waals surface area contributed by atoms with Crippen molar-refractivity contribution in [2.24, 2.45) is 0 Å². The molecule has 0 bridgehead atoms. The van der Waals surface area contributed by atoms with Crippen LogP contribution < -0.4 is 0 Å². The van der Waals surface area contributed by atoms with E-state index < -0.39 is 0 Å². The predicted molar refractivity (Wildman–Crippen MR) is 111 cm³/mol. The highest BCUT2D eigenvalue weighted by Gasteiger charge is 2.23. The number of nitrogens with zero attached hydrogens (tertiary/aromatic N) is 4. The van der Waals surface area contributed by atoms with Gasteiger partial charge in [-0.2, -0.15) is 5.10 Å². The molecular weight excluding hydrogens is 375 g/mol. The lowest BCUT2D eigenvalue weighted by Crippen LogP contribution is -2.49. The largest absolute Gasteiger partial charge is 0.301 e. The minimum Gasteiger partial charge on any atom is -0.301 e. The van der Waals surface area contributed by atoms with Crippen LogP contribution in [0.1, 0.15) is 12.5 Å². The second kappa shape index (κ2) is 8.03. The third kappa shape index (κ3) is 3.97. The molecule has 4 rings (SSSR count). The molecule has 3 aromatic rings. The van der Waals surface area contributed by atoms with Crippen LogP contribution in [-0.4, -0.2) is 52.3 Å². The second-order valence-electron chi connectivity index (χ2n) is 7.47. The van der Waals surface area contributed by atoms with Gasteiger partial charge in [-0.1, -0.05) is 29.8 Å². The lowest BCUT2D eigenvalue weighted by atomic mass is 10.1. The Morgan fingerprint density at radius 2 is 1.86 bits per heavy atom. The van der Waals surface area contributed by atoms with Crippen molar-refractivity contribution in [1.82, 2.24) is 19.6 Å². The molecule has 0 aliphatic carbocycles. The van der Waals surface area contributed by atoms with Crippen LogP contribution in [0.4, 0.5) is 4.39 Å². The molecule has 4 nitrogen and oxygen atoms in total. The van der Waals surface area contributed by atoms with E-state index in [1.165, 1.54) is 12.1 Å². The van der Waals surface area contributed by atoms with Crippen molar-refractivity contribution < 1.29 is 4.39 Å². The summed E-state index contributed by atoms with van der Waals surface area (Å²) in [5.74, 6) is -0.256. The topological polar surface area (TPSA) is 24.3 Å². The van der Waals surface area contributed by atoms with Crippen molar-refractivity contribution in [1.29, 1.82) is 0 Å². The van der Waals surface area contributed by atoms with Crippen molar-refractivity contribution in [2.75, 3.05) is 26.7 Å². The molecule has 28 heavy (non-hydrogen) atoms. The number of benzene rings is 2. The highest BCUT2D eigenvalue weighted by atomic mass is 35.5. The van der Waals surface area contributed by atoms with Gasteiger partial charge in [-0.05, 0) is 44.3 Å². The second-order valence-corrected chi connectivity index (χ2v) is 7.88. The van der Waals surface area contributed by atoms with Gasteiger partial charge in [0.25, 0.3) is 0 Å². The van der Waals surface area contributed by atoms with E-state index in [9.17, 15) is 4.39 Å². The number of rotatable bonds is 4. The SMILES string of the molecule is CC1CN(Cc2cn(-c3ccc(F)cc3)nc2-c2ccccc2Cl)CCN1C. The first-order valence-electron chi connectivity index (χ1n) is 9.53. The van der Waals surface area contributed by atoms with E-state index in [2.05, 4.69) is 23.8 Å². The van der Waals surface area contributed by atoms with Gasteiger partial charge in [0.05, 0.1) is 16.4 Å². The fourth-order valence-electron chi connectivity index (χ4n) is 3.64. The van der Waals surface area contributed by atoms with Crippen LogP contribution in [0.2, 0.25) is 5.02 Å². The summed E-state index contributed by atoms with van der Waals surface area (Å²) in [6, 6.07) is 14.7. The third-order valence-electron chi connectivity index (χ3n) is 5.45. The standard InChI is InChI=1S/C22H24ClFN4/c1-16-13-27(12-11-26(16)2)14-17-15-28(19-9-7-18(24)8-10-19)25-22(17)20-5-3-4-6-21(20)23/h3-10,15-16H,11-14H2,1-2H3. The number of piperazine rings is 1. The number of likely N-dealkylation sites (N-methyl/N-ethyl adjacent to an activating group) is 1. The molecule has 1 saturated heterocycles. The number of aromatic nitrogens is 2. The van der Waals surface area contributed by atoms with Gasteiger partial charge in [0, 0.05) is 49.5 Å². The summed E-state index contributed by atoms with van der Waals surface area (Å²) in [6.07, 6.45) is 2.04. The van der Waals surface area contributed by atoms with Crippen LogP contribution in [-0.2, 0) is 6.54 Å². The summed E-state index contributed by atoms with van der Waals surface area (Å²) >= 11 is 6.47. The summed E-state index contributed by atoms with van der Waals surface area (Å²) in [5.41, 5.74) is 3.74. The molecule has 0 N–H and O–H groups in total. The lowest BCUT2D eigenvalue weighted by molar-refractivity contribution is 0.100. The fraction of sp³-hybridized carbons (Fsp3) is 0.318. The Balaban J connectivity index is 1.71. The smallest absolute Gasteiger partial charge is 0.123 e. The zero-order chi connectivity index (χ0) is 19.7. The van der Waals surface area contributed by atoms with Gasteiger partial charge in [-0.15, -0.1) is 0 Å². The maximum atomic E-state index is 13.3. The summed E-state index contributed by atoms with van der Waals surface area (Å²) < 4.78 is 15.1. The van der Waals surface area contributed by atoms with Crippen molar-refractivity contribution in [2.45, 2.75) is 19.5 Å². The van der Waals surface area contributed by atoms with Crippen molar-refractivity contribution in [3.05, 3.63) is 71.1 Å². The van der Waals surface area contributed by atoms with Crippen molar-refractivity contribution >= 4 is 11.6 Å². The Morgan fingerprint density at radius 1 is 1.11 bits per heavy atom. The van der Waals surface area contributed by atoms with E-state index >= 15 is 0 Å². The molecule has 2 aromatic carbocycles. The first-order chi connectivity index (χ1) is 13.5. The lowest BCUT2D eigenvalue weighted by Gasteiger charge is -2.37. The van der Waals surface area contributed by atoms with E-state index in [1.807, 2.05) is 35.1 Å². The number of halogens is 2. The summed E-state index contributed by atoms with van der Waals surface area (Å²) in [6.45, 7) is 6.14. The number of hydrogen-bond donors (Lipinski definition) is 0. The van der Waals surface area contributed by atoms with Gasteiger partial charge in [0.15, 0.2) is 0 Å². The molecule has 6 heteroatoms. The molecule has 1 atom stereocenters. The molecule has 1 fully saturated rings. The van der Waals surface area contributed by atoms with E-state index in [1.54, 1.807) is 12.1 Å². The zero-order valence-electron chi connectivity index (χ0n) is 16.1. The summed E-state index contributed by atoms with van der Waals surface area (Å²) in [7, 11) is 2.17. The molecule has 146 valence electrons. The third-order valence-corrected chi connectivity index (χ3v) is 5.78. The maximum absolute atomic E-state index is 13.3. The minimum atomic E-state index is -0.256. The van der Waals surface area contributed by atoms with Gasteiger partial charge < -0.3 is 4.90 Å². The summed E-state index contributed by atoms with van der Waals surface area (Å²) in [5, 5.41) is 5.49.